The maximum atomic E-state index is 13.7. The number of hydrogen-bond acceptors (Lipinski definition) is 6. The summed E-state index contributed by atoms with van der Waals surface area (Å²) in [4.78, 5) is 65.7. The Bertz CT molecular complexity index is 847. The maximum Gasteiger partial charge on any atom is 0.408 e. The summed E-state index contributed by atoms with van der Waals surface area (Å²) < 4.78 is 5.39. The highest BCUT2D eigenvalue weighted by atomic mass is 16.6. The number of likely N-dealkylation sites (tertiary alicyclic amines) is 1. The van der Waals surface area contributed by atoms with Crippen LogP contribution in [0.2, 0.25) is 0 Å². The van der Waals surface area contributed by atoms with Gasteiger partial charge in [0.05, 0.1) is 6.04 Å². The van der Waals surface area contributed by atoms with Gasteiger partial charge in [0, 0.05) is 13.1 Å². The number of amides is 4. The molecule has 1 aliphatic carbocycles. The van der Waals surface area contributed by atoms with Gasteiger partial charge in [-0.1, -0.05) is 52.5 Å². The fourth-order valence-electron chi connectivity index (χ4n) is 4.82. The summed E-state index contributed by atoms with van der Waals surface area (Å²) in [5.41, 5.74) is -0.706. The molecule has 0 aromatic carbocycles. The van der Waals surface area contributed by atoms with E-state index < -0.39 is 47.4 Å². The van der Waals surface area contributed by atoms with Gasteiger partial charge in [0.2, 0.25) is 17.6 Å². The van der Waals surface area contributed by atoms with Crippen LogP contribution in [0.3, 0.4) is 0 Å². The van der Waals surface area contributed by atoms with E-state index >= 15 is 0 Å². The molecule has 10 nitrogen and oxygen atoms in total. The molecular formula is C29H50N4O6. The Hall–Kier alpha value is -2.91. The first kappa shape index (κ1) is 34.1. The van der Waals surface area contributed by atoms with E-state index in [1.165, 1.54) is 17.4 Å². The first-order valence-corrected chi connectivity index (χ1v) is 14.4. The molecular weight excluding hydrogens is 500 g/mol. The van der Waals surface area contributed by atoms with Crippen LogP contribution in [0.4, 0.5) is 4.79 Å². The largest absolute Gasteiger partial charge is 0.444 e. The number of alkyl carbamates (subject to hydrolysis) is 1. The molecule has 1 aliphatic heterocycles. The molecule has 3 N–H and O–H groups in total. The van der Waals surface area contributed by atoms with Gasteiger partial charge in [-0.25, -0.2) is 4.79 Å². The van der Waals surface area contributed by atoms with Crippen molar-refractivity contribution in [3.8, 4) is 0 Å². The number of ketones is 1. The van der Waals surface area contributed by atoms with Gasteiger partial charge in [-0.05, 0) is 58.8 Å². The van der Waals surface area contributed by atoms with E-state index in [4.69, 9.17) is 4.74 Å². The van der Waals surface area contributed by atoms with Crippen LogP contribution in [0.1, 0.15) is 99.3 Å². The van der Waals surface area contributed by atoms with E-state index in [-0.39, 0.29) is 18.4 Å². The van der Waals surface area contributed by atoms with Gasteiger partial charge in [0.1, 0.15) is 17.7 Å². The quantitative estimate of drug-likeness (QED) is 0.266. The summed E-state index contributed by atoms with van der Waals surface area (Å²) in [5.74, 6) is -2.31. The average Bonchev–Trinajstić information content (AvgIpc) is 3.56. The van der Waals surface area contributed by atoms with Gasteiger partial charge in [0.15, 0.2) is 0 Å². The Balaban J connectivity index is 0.00000242. The summed E-state index contributed by atoms with van der Waals surface area (Å²) in [6.07, 6.45) is 7.58. The van der Waals surface area contributed by atoms with E-state index in [0.29, 0.717) is 32.2 Å². The predicted octanol–water partition coefficient (Wildman–Crippen LogP) is 3.63. The van der Waals surface area contributed by atoms with Crippen molar-refractivity contribution in [2.75, 3.05) is 13.1 Å². The lowest BCUT2D eigenvalue weighted by Crippen LogP contribution is -2.57. The van der Waals surface area contributed by atoms with Crippen molar-refractivity contribution >= 4 is 29.6 Å². The Morgan fingerprint density at radius 2 is 1.62 bits per heavy atom. The highest BCUT2D eigenvalue weighted by molar-refractivity contribution is 6.38. The second kappa shape index (κ2) is 16.9. The van der Waals surface area contributed by atoms with Crippen LogP contribution in [0.15, 0.2) is 12.7 Å². The standard InChI is InChI=1S/C26H42N4O6.C3H8/c1-6-11-18(21(31)23(33)27-15-7-2)28-22(32)19-14-10-16-30(19)24(34)20(17-12-8-9-13-17)29-25(35)36-26(3,4)5;1-3-2/h7,17-20H,2,6,8-16H2,1,3-5H3,(H,27,33)(H,28,32)(H,29,35);3H2,1-2H3/t18?,19-,20-;/m0./s1. The second-order valence-corrected chi connectivity index (χ2v) is 11.3. The Labute approximate surface area is 234 Å². The number of Topliss-reactive ketones (excluding diaryl/α,β-unsaturated/α-hetero) is 1. The lowest BCUT2D eigenvalue weighted by atomic mass is 9.96. The van der Waals surface area contributed by atoms with E-state index in [2.05, 4.69) is 36.4 Å². The minimum absolute atomic E-state index is 0.0303. The van der Waals surface area contributed by atoms with Crippen molar-refractivity contribution in [2.24, 2.45) is 5.92 Å². The third-order valence-electron chi connectivity index (χ3n) is 6.49. The highest BCUT2D eigenvalue weighted by Crippen LogP contribution is 2.30. The second-order valence-electron chi connectivity index (χ2n) is 11.3. The highest BCUT2D eigenvalue weighted by Gasteiger charge is 2.42. The molecule has 222 valence electrons. The monoisotopic (exact) mass is 550 g/mol. The fraction of sp³-hybridized carbons (Fsp3) is 0.759. The zero-order valence-electron chi connectivity index (χ0n) is 24.8. The molecule has 1 heterocycles. The molecule has 0 spiro atoms. The molecule has 2 fully saturated rings. The molecule has 1 saturated carbocycles. The number of rotatable bonds is 11. The molecule has 4 amide bonds. The number of nitrogens with one attached hydrogen (secondary N) is 3. The summed E-state index contributed by atoms with van der Waals surface area (Å²) in [6.45, 7) is 15.4. The van der Waals surface area contributed by atoms with Crippen LogP contribution in [0, 0.1) is 5.92 Å². The van der Waals surface area contributed by atoms with Crippen LogP contribution in [-0.4, -0.2) is 71.3 Å². The number of nitrogens with zero attached hydrogens (tertiary/aromatic N) is 1. The van der Waals surface area contributed by atoms with E-state index in [1.54, 1.807) is 20.8 Å². The van der Waals surface area contributed by atoms with E-state index in [9.17, 15) is 24.0 Å². The summed E-state index contributed by atoms with van der Waals surface area (Å²) in [6, 6.07) is -2.53. The van der Waals surface area contributed by atoms with Crippen molar-refractivity contribution in [3.05, 3.63) is 12.7 Å². The predicted molar refractivity (Wildman–Crippen MR) is 151 cm³/mol. The van der Waals surface area contributed by atoms with Gasteiger partial charge in [-0.15, -0.1) is 6.58 Å². The number of carbonyl (C=O) groups excluding carboxylic acids is 5. The van der Waals surface area contributed by atoms with Crippen LogP contribution in [0.5, 0.6) is 0 Å². The van der Waals surface area contributed by atoms with Gasteiger partial charge >= 0.3 is 6.09 Å². The molecule has 0 radical (unpaired) electrons. The third kappa shape index (κ3) is 11.4. The zero-order valence-corrected chi connectivity index (χ0v) is 24.8. The van der Waals surface area contributed by atoms with Crippen molar-refractivity contribution in [3.63, 3.8) is 0 Å². The number of ether oxygens (including phenoxy) is 1. The Kier molecular flexibility index (Phi) is 14.8. The SMILES string of the molecule is C=CCNC(=O)C(=O)C(CCC)NC(=O)[C@@H]1CCCN1C(=O)[C@@H](NC(=O)OC(C)(C)C)C1CCCC1.CCC. The topological polar surface area (TPSA) is 134 Å². The van der Waals surface area contributed by atoms with Crippen LogP contribution < -0.4 is 16.0 Å². The number of carbonyl (C=O) groups is 5. The lowest BCUT2D eigenvalue weighted by molar-refractivity contribution is -0.143. The van der Waals surface area contributed by atoms with Crippen LogP contribution in [0.25, 0.3) is 0 Å². The minimum Gasteiger partial charge on any atom is -0.444 e. The molecule has 1 saturated heterocycles. The molecule has 0 aromatic heterocycles. The molecule has 1 unspecified atom stereocenters. The van der Waals surface area contributed by atoms with Crippen molar-refractivity contribution < 1.29 is 28.7 Å². The van der Waals surface area contributed by atoms with E-state index in [0.717, 1.165) is 25.7 Å². The summed E-state index contributed by atoms with van der Waals surface area (Å²) >= 11 is 0. The zero-order chi connectivity index (χ0) is 29.6. The Morgan fingerprint density at radius 1 is 1.00 bits per heavy atom. The number of hydrogen-bond donors (Lipinski definition) is 3. The maximum absolute atomic E-state index is 13.7. The van der Waals surface area contributed by atoms with Gasteiger partial charge in [-0.2, -0.15) is 0 Å². The average molecular weight is 551 g/mol. The van der Waals surface area contributed by atoms with Crippen LogP contribution in [-0.2, 0) is 23.9 Å². The van der Waals surface area contributed by atoms with Crippen molar-refractivity contribution in [2.45, 2.75) is 123 Å². The summed E-state index contributed by atoms with van der Waals surface area (Å²) in [5, 5.41) is 7.91. The smallest absolute Gasteiger partial charge is 0.408 e. The van der Waals surface area contributed by atoms with Gasteiger partial charge in [-0.3, -0.25) is 19.2 Å². The van der Waals surface area contributed by atoms with Crippen molar-refractivity contribution in [1.29, 1.82) is 0 Å². The molecule has 10 heteroatoms. The molecule has 0 bridgehead atoms. The third-order valence-corrected chi connectivity index (χ3v) is 6.49. The lowest BCUT2D eigenvalue weighted by Gasteiger charge is -2.32. The molecule has 39 heavy (non-hydrogen) atoms. The fourth-order valence-corrected chi connectivity index (χ4v) is 4.82. The summed E-state index contributed by atoms with van der Waals surface area (Å²) in [7, 11) is 0. The molecule has 2 aliphatic rings. The first-order valence-electron chi connectivity index (χ1n) is 14.4. The van der Waals surface area contributed by atoms with Gasteiger partial charge in [0.25, 0.3) is 5.91 Å². The molecule has 2 rings (SSSR count). The van der Waals surface area contributed by atoms with Crippen LogP contribution >= 0.6 is 0 Å². The first-order chi connectivity index (χ1) is 18.4. The van der Waals surface area contributed by atoms with E-state index in [1.807, 2.05) is 6.92 Å². The normalized spacial score (nSPS) is 18.7. The van der Waals surface area contributed by atoms with Gasteiger partial charge < -0.3 is 25.6 Å². The Morgan fingerprint density at radius 3 is 2.15 bits per heavy atom. The molecule has 3 atom stereocenters. The molecule has 0 aromatic rings. The van der Waals surface area contributed by atoms with Crippen molar-refractivity contribution in [1.82, 2.24) is 20.9 Å². The minimum atomic E-state index is -0.976.